The number of halogens is 1. The maximum absolute atomic E-state index is 5.88. The Balaban J connectivity index is 2.33. The van der Waals surface area contributed by atoms with Crippen molar-refractivity contribution >= 4 is 34.3 Å². The molecule has 0 amide bonds. The van der Waals surface area contributed by atoms with Crippen molar-refractivity contribution in [2.75, 3.05) is 0 Å². The summed E-state index contributed by atoms with van der Waals surface area (Å²) in [5.41, 5.74) is 0. The lowest BCUT2D eigenvalue weighted by Crippen LogP contribution is -1.77. The van der Waals surface area contributed by atoms with E-state index in [0.29, 0.717) is 5.92 Å². The largest absolute Gasteiger partial charge is 0.243 e. The first kappa shape index (κ1) is 10.1. The summed E-state index contributed by atoms with van der Waals surface area (Å²) in [7, 11) is 0. The van der Waals surface area contributed by atoms with Gasteiger partial charge in [-0.2, -0.15) is 0 Å². The topological polar surface area (TPSA) is 12.9 Å². The second-order valence-corrected chi connectivity index (χ2v) is 6.10. The van der Waals surface area contributed by atoms with E-state index in [4.69, 9.17) is 11.6 Å². The molecule has 0 N–H and O–H groups in total. The summed E-state index contributed by atoms with van der Waals surface area (Å²) in [4.78, 5) is 6.87. The number of aromatic nitrogens is 1. The van der Waals surface area contributed by atoms with Crippen molar-refractivity contribution < 1.29 is 0 Å². The molecule has 2 aromatic heterocycles. The molecule has 4 heteroatoms. The fourth-order valence-corrected chi connectivity index (χ4v) is 3.12. The first-order chi connectivity index (χ1) is 6.66. The highest BCUT2D eigenvalue weighted by Crippen LogP contribution is 2.35. The summed E-state index contributed by atoms with van der Waals surface area (Å²) < 4.78 is 0.821. The molecule has 0 atom stereocenters. The average molecular weight is 244 g/mol. The Morgan fingerprint density at radius 2 is 2.07 bits per heavy atom. The van der Waals surface area contributed by atoms with Crippen LogP contribution in [0.4, 0.5) is 0 Å². The van der Waals surface area contributed by atoms with Gasteiger partial charge in [0.25, 0.3) is 0 Å². The molecule has 0 bridgehead atoms. The van der Waals surface area contributed by atoms with Gasteiger partial charge in [-0.15, -0.1) is 22.7 Å². The molecule has 0 radical (unpaired) electrons. The Morgan fingerprint density at radius 3 is 2.57 bits per heavy atom. The number of thiazole rings is 1. The van der Waals surface area contributed by atoms with Gasteiger partial charge in [0.1, 0.15) is 5.01 Å². The first-order valence-corrected chi connectivity index (χ1v) is 6.39. The van der Waals surface area contributed by atoms with Crippen molar-refractivity contribution in [3.05, 3.63) is 27.5 Å². The molecule has 74 valence electrons. The molecular weight excluding hydrogens is 234 g/mol. The summed E-state index contributed by atoms with van der Waals surface area (Å²) in [6.45, 7) is 4.36. The SMILES string of the molecule is CC(C)c1cnc(-c2ccc(Cl)s2)s1. The fraction of sp³-hybridized carbons (Fsp3) is 0.300. The van der Waals surface area contributed by atoms with E-state index >= 15 is 0 Å². The van der Waals surface area contributed by atoms with E-state index in [0.717, 1.165) is 14.2 Å². The Bertz CT molecular complexity index is 431. The van der Waals surface area contributed by atoms with Crippen LogP contribution in [0.5, 0.6) is 0 Å². The molecule has 2 heterocycles. The molecule has 0 saturated carbocycles. The highest BCUT2D eigenvalue weighted by atomic mass is 35.5. The number of nitrogens with zero attached hydrogens (tertiary/aromatic N) is 1. The van der Waals surface area contributed by atoms with Crippen molar-refractivity contribution in [2.45, 2.75) is 19.8 Å². The zero-order valence-corrected chi connectivity index (χ0v) is 10.3. The smallest absolute Gasteiger partial charge is 0.133 e. The second kappa shape index (κ2) is 4.01. The molecule has 0 unspecified atom stereocenters. The average Bonchev–Trinajstić information content (AvgIpc) is 2.70. The van der Waals surface area contributed by atoms with Crippen molar-refractivity contribution in [3.63, 3.8) is 0 Å². The molecule has 0 fully saturated rings. The number of hydrogen-bond acceptors (Lipinski definition) is 3. The molecule has 0 aliphatic carbocycles. The van der Waals surface area contributed by atoms with Crippen LogP contribution in [0.1, 0.15) is 24.6 Å². The number of hydrogen-bond donors (Lipinski definition) is 0. The summed E-state index contributed by atoms with van der Waals surface area (Å²) in [5.74, 6) is 0.552. The van der Waals surface area contributed by atoms with Crippen LogP contribution in [-0.2, 0) is 0 Å². The standard InChI is InChI=1S/C10H10ClNS2/c1-6(2)8-5-12-10(14-8)7-3-4-9(11)13-7/h3-6H,1-2H3. The molecule has 0 saturated heterocycles. The molecule has 0 aromatic carbocycles. The Kier molecular flexibility index (Phi) is 2.91. The normalized spacial score (nSPS) is 11.1. The Labute approximate surface area is 96.4 Å². The van der Waals surface area contributed by atoms with Gasteiger partial charge in [0.05, 0.1) is 9.21 Å². The van der Waals surface area contributed by atoms with E-state index < -0.39 is 0 Å². The van der Waals surface area contributed by atoms with Crippen LogP contribution < -0.4 is 0 Å². The summed E-state index contributed by atoms with van der Waals surface area (Å²) in [6.07, 6.45) is 1.96. The fourth-order valence-electron chi connectivity index (χ4n) is 1.10. The lowest BCUT2D eigenvalue weighted by Gasteiger charge is -1.95. The first-order valence-electron chi connectivity index (χ1n) is 4.38. The quantitative estimate of drug-likeness (QED) is 0.748. The molecule has 2 rings (SSSR count). The minimum atomic E-state index is 0.552. The molecule has 2 aromatic rings. The maximum atomic E-state index is 5.88. The van der Waals surface area contributed by atoms with Crippen LogP contribution >= 0.6 is 34.3 Å². The highest BCUT2D eigenvalue weighted by Gasteiger charge is 2.08. The second-order valence-electron chi connectivity index (χ2n) is 3.33. The monoisotopic (exact) mass is 243 g/mol. The minimum Gasteiger partial charge on any atom is -0.243 e. The third kappa shape index (κ3) is 2.00. The third-order valence-corrected chi connectivity index (χ3v) is 4.57. The van der Waals surface area contributed by atoms with Crippen LogP contribution in [0.15, 0.2) is 18.3 Å². The zero-order valence-electron chi connectivity index (χ0n) is 7.95. The van der Waals surface area contributed by atoms with E-state index in [-0.39, 0.29) is 0 Å². The Hall–Kier alpha value is -0.380. The van der Waals surface area contributed by atoms with Gasteiger partial charge in [-0.3, -0.25) is 0 Å². The van der Waals surface area contributed by atoms with Crippen LogP contribution in [0, 0.1) is 0 Å². The van der Waals surface area contributed by atoms with Gasteiger partial charge in [-0.25, -0.2) is 4.98 Å². The van der Waals surface area contributed by atoms with E-state index in [1.807, 2.05) is 18.3 Å². The van der Waals surface area contributed by atoms with E-state index in [1.165, 1.54) is 4.88 Å². The zero-order chi connectivity index (χ0) is 10.1. The van der Waals surface area contributed by atoms with Gasteiger partial charge in [-0.05, 0) is 18.1 Å². The molecular formula is C10H10ClNS2. The van der Waals surface area contributed by atoms with Crippen molar-refractivity contribution in [1.29, 1.82) is 0 Å². The predicted octanol–water partition coefficient (Wildman–Crippen LogP) is 4.65. The van der Waals surface area contributed by atoms with Gasteiger partial charge in [0, 0.05) is 11.1 Å². The predicted molar refractivity (Wildman–Crippen MR) is 64.5 cm³/mol. The van der Waals surface area contributed by atoms with Crippen molar-refractivity contribution in [1.82, 2.24) is 4.98 Å². The summed E-state index contributed by atoms with van der Waals surface area (Å²) >= 11 is 9.20. The lowest BCUT2D eigenvalue weighted by atomic mass is 10.2. The van der Waals surface area contributed by atoms with Crippen LogP contribution in [0.25, 0.3) is 9.88 Å². The minimum absolute atomic E-state index is 0.552. The van der Waals surface area contributed by atoms with Crippen LogP contribution in [0.2, 0.25) is 4.34 Å². The van der Waals surface area contributed by atoms with Crippen LogP contribution in [0.3, 0.4) is 0 Å². The van der Waals surface area contributed by atoms with E-state index in [2.05, 4.69) is 18.8 Å². The summed E-state index contributed by atoms with van der Waals surface area (Å²) in [5, 5.41) is 1.07. The van der Waals surface area contributed by atoms with Gasteiger partial charge in [0.2, 0.25) is 0 Å². The lowest BCUT2D eigenvalue weighted by molar-refractivity contribution is 0.885. The van der Waals surface area contributed by atoms with E-state index in [9.17, 15) is 0 Å². The maximum Gasteiger partial charge on any atom is 0.133 e. The van der Waals surface area contributed by atoms with E-state index in [1.54, 1.807) is 22.7 Å². The van der Waals surface area contributed by atoms with Crippen LogP contribution in [-0.4, -0.2) is 4.98 Å². The molecule has 0 aliphatic rings. The third-order valence-electron chi connectivity index (χ3n) is 1.88. The molecule has 0 spiro atoms. The van der Waals surface area contributed by atoms with Gasteiger partial charge in [-0.1, -0.05) is 25.4 Å². The van der Waals surface area contributed by atoms with Crippen molar-refractivity contribution in [3.8, 4) is 9.88 Å². The molecule has 1 nitrogen and oxygen atoms in total. The summed E-state index contributed by atoms with van der Waals surface area (Å²) in [6, 6.07) is 3.94. The number of rotatable bonds is 2. The highest BCUT2D eigenvalue weighted by molar-refractivity contribution is 7.23. The van der Waals surface area contributed by atoms with Gasteiger partial charge in [0.15, 0.2) is 0 Å². The Morgan fingerprint density at radius 1 is 1.29 bits per heavy atom. The molecule has 14 heavy (non-hydrogen) atoms. The van der Waals surface area contributed by atoms with Gasteiger partial charge < -0.3 is 0 Å². The number of thiophene rings is 1. The van der Waals surface area contributed by atoms with Gasteiger partial charge >= 0.3 is 0 Å². The molecule has 0 aliphatic heterocycles. The van der Waals surface area contributed by atoms with Crippen molar-refractivity contribution in [2.24, 2.45) is 0 Å².